The highest BCUT2D eigenvalue weighted by atomic mass is 16.7. The van der Waals surface area contributed by atoms with E-state index in [0.717, 1.165) is 6.21 Å². The third-order valence-corrected chi connectivity index (χ3v) is 3.48. The third kappa shape index (κ3) is 7.72. The van der Waals surface area contributed by atoms with Crippen molar-refractivity contribution < 1.29 is 24.4 Å². The van der Waals surface area contributed by atoms with Crippen molar-refractivity contribution in [2.75, 3.05) is 6.61 Å². The monoisotopic (exact) mass is 357 g/mol. The van der Waals surface area contributed by atoms with Gasteiger partial charge in [0.15, 0.2) is 5.03 Å². The number of unbranched alkanes of at least 4 members (excludes halogenated alkanes) is 1. The molecule has 1 fully saturated rings. The minimum Gasteiger partial charge on any atom is -0.481 e. The molecule has 0 aromatic rings. The van der Waals surface area contributed by atoms with Crippen LogP contribution in [0.15, 0.2) is 17.3 Å². The maximum Gasteiger partial charge on any atom is 0.303 e. The standard InChI is InChI=1S/C14H23N5O6/c1-14(9-15)24-8-10(6-4-2-3-5-7-11(20)21)12(25-14)17-13(16)18-19(22)23/h2,4,9-10,12,15H,3,5-8H2,1H3,(H,20,21)(H3,16,17,18)/b4-2-,15-9?/t10-,12+,14+/m0/s1. The van der Waals surface area contributed by atoms with E-state index >= 15 is 0 Å². The molecular weight excluding hydrogens is 334 g/mol. The van der Waals surface area contributed by atoms with Gasteiger partial charge < -0.3 is 31.0 Å². The molecule has 0 bridgehead atoms. The van der Waals surface area contributed by atoms with E-state index in [1.165, 1.54) is 0 Å². The molecule has 0 unspecified atom stereocenters. The van der Waals surface area contributed by atoms with Gasteiger partial charge in [0.25, 0.3) is 5.96 Å². The molecule has 1 aliphatic rings. The Morgan fingerprint density at radius 1 is 1.60 bits per heavy atom. The van der Waals surface area contributed by atoms with Gasteiger partial charge in [-0.1, -0.05) is 12.2 Å². The summed E-state index contributed by atoms with van der Waals surface area (Å²) in [6.07, 6.45) is 5.77. The summed E-state index contributed by atoms with van der Waals surface area (Å²) in [7, 11) is 0. The molecule has 0 saturated carbocycles. The Morgan fingerprint density at radius 2 is 2.32 bits per heavy atom. The number of hydrogen-bond donors (Lipinski definition) is 4. The Balaban J connectivity index is 2.64. The molecule has 140 valence electrons. The first-order valence-corrected chi connectivity index (χ1v) is 7.71. The van der Waals surface area contributed by atoms with Gasteiger partial charge in [0.2, 0.25) is 5.79 Å². The first-order chi connectivity index (χ1) is 11.8. The van der Waals surface area contributed by atoms with Crippen LogP contribution in [0, 0.1) is 21.4 Å². The Bertz CT molecular complexity index is 552. The van der Waals surface area contributed by atoms with Crippen LogP contribution in [0.4, 0.5) is 0 Å². The van der Waals surface area contributed by atoms with E-state index in [4.69, 9.17) is 25.7 Å². The van der Waals surface area contributed by atoms with Gasteiger partial charge in [-0.15, -0.1) is 0 Å². The highest BCUT2D eigenvalue weighted by Gasteiger charge is 2.38. The lowest BCUT2D eigenvalue weighted by Crippen LogP contribution is -2.56. The van der Waals surface area contributed by atoms with Crippen molar-refractivity contribution in [1.82, 2.24) is 5.32 Å². The van der Waals surface area contributed by atoms with Gasteiger partial charge >= 0.3 is 5.97 Å². The Morgan fingerprint density at radius 3 is 2.92 bits per heavy atom. The van der Waals surface area contributed by atoms with Crippen LogP contribution < -0.4 is 11.1 Å². The molecule has 1 rings (SSSR count). The molecule has 1 saturated heterocycles. The second-order valence-corrected chi connectivity index (χ2v) is 5.63. The predicted molar refractivity (Wildman–Crippen MR) is 88.5 cm³/mol. The number of nitrogens with one attached hydrogen (secondary N) is 2. The zero-order chi connectivity index (χ0) is 18.9. The van der Waals surface area contributed by atoms with E-state index in [0.29, 0.717) is 19.3 Å². The van der Waals surface area contributed by atoms with E-state index in [2.05, 4.69) is 10.4 Å². The normalized spacial score (nSPS) is 27.2. The van der Waals surface area contributed by atoms with Crippen LogP contribution in [0.25, 0.3) is 0 Å². The highest BCUT2D eigenvalue weighted by Crippen LogP contribution is 2.26. The van der Waals surface area contributed by atoms with Gasteiger partial charge in [0.05, 0.1) is 12.8 Å². The second kappa shape index (κ2) is 9.69. The zero-order valence-electron chi connectivity index (χ0n) is 13.9. The van der Waals surface area contributed by atoms with Crippen LogP contribution in [0.1, 0.15) is 32.6 Å². The average molecular weight is 357 g/mol. The van der Waals surface area contributed by atoms with Crippen molar-refractivity contribution >= 4 is 18.1 Å². The van der Waals surface area contributed by atoms with Crippen molar-refractivity contribution in [3.63, 3.8) is 0 Å². The Hall–Kier alpha value is -2.53. The van der Waals surface area contributed by atoms with Crippen LogP contribution in [0.5, 0.6) is 0 Å². The summed E-state index contributed by atoms with van der Waals surface area (Å²) in [4.78, 5) is 20.8. The number of nitrogens with two attached hydrogens (primary N) is 1. The molecular formula is C14H23N5O6. The summed E-state index contributed by atoms with van der Waals surface area (Å²) >= 11 is 0. The average Bonchev–Trinajstić information content (AvgIpc) is 2.51. The fourth-order valence-corrected chi connectivity index (χ4v) is 2.18. The number of allylic oxidation sites excluding steroid dienone is 2. The maximum atomic E-state index is 10.4. The minimum absolute atomic E-state index is 0.107. The molecule has 5 N–H and O–H groups in total. The van der Waals surface area contributed by atoms with Crippen molar-refractivity contribution in [1.29, 1.82) is 5.41 Å². The Labute approximate surface area is 144 Å². The van der Waals surface area contributed by atoms with Crippen molar-refractivity contribution in [3.05, 3.63) is 22.3 Å². The number of hydrazone groups is 1. The first kappa shape index (κ1) is 20.5. The molecule has 3 atom stereocenters. The predicted octanol–water partition coefficient (Wildman–Crippen LogP) is 0.638. The molecule has 0 aromatic carbocycles. The lowest BCUT2D eigenvalue weighted by atomic mass is 10.0. The molecule has 0 spiro atoms. The van der Waals surface area contributed by atoms with E-state index in [1.54, 1.807) is 6.92 Å². The number of hydrogen-bond acceptors (Lipinski definition) is 6. The lowest BCUT2D eigenvalue weighted by molar-refractivity contribution is -0.485. The number of nitrogens with zero attached hydrogens (tertiary/aromatic N) is 2. The van der Waals surface area contributed by atoms with Crippen molar-refractivity contribution in [2.45, 2.75) is 44.6 Å². The topological polar surface area (TPSA) is 173 Å². The van der Waals surface area contributed by atoms with E-state index in [-0.39, 0.29) is 18.9 Å². The van der Waals surface area contributed by atoms with E-state index in [9.17, 15) is 14.9 Å². The van der Waals surface area contributed by atoms with Gasteiger partial charge in [0, 0.05) is 12.3 Å². The van der Waals surface area contributed by atoms with Gasteiger partial charge in [-0.25, -0.2) is 10.1 Å². The van der Waals surface area contributed by atoms with Crippen molar-refractivity contribution in [3.8, 4) is 0 Å². The summed E-state index contributed by atoms with van der Waals surface area (Å²) in [6.45, 7) is 1.79. The largest absolute Gasteiger partial charge is 0.481 e. The maximum absolute atomic E-state index is 10.4. The number of carboxylic acid groups (broad SMARTS) is 1. The minimum atomic E-state index is -1.26. The van der Waals surface area contributed by atoms with Gasteiger partial charge in [-0.3, -0.25) is 4.79 Å². The summed E-state index contributed by atoms with van der Waals surface area (Å²) < 4.78 is 11.1. The highest BCUT2D eigenvalue weighted by molar-refractivity contribution is 5.77. The molecule has 1 aliphatic heterocycles. The molecule has 0 radical (unpaired) electrons. The number of nitro groups is 1. The van der Waals surface area contributed by atoms with Gasteiger partial charge in [0.1, 0.15) is 11.3 Å². The van der Waals surface area contributed by atoms with Crippen LogP contribution in [0.3, 0.4) is 0 Å². The third-order valence-electron chi connectivity index (χ3n) is 3.48. The smallest absolute Gasteiger partial charge is 0.303 e. The summed E-state index contributed by atoms with van der Waals surface area (Å²) in [5, 5.41) is 31.0. The summed E-state index contributed by atoms with van der Waals surface area (Å²) in [5.41, 5.74) is 5.47. The fraction of sp³-hybridized carbons (Fsp3) is 0.643. The van der Waals surface area contributed by atoms with Gasteiger partial charge in [-0.2, -0.15) is 0 Å². The molecule has 1 heterocycles. The fourth-order valence-electron chi connectivity index (χ4n) is 2.18. The SMILES string of the molecule is C[C@@]1(C=N)OC[C@H](C/C=C\CCCC(=O)O)[C@H](NC(N)=N[N+](=O)[O-])O1. The second-order valence-electron chi connectivity index (χ2n) is 5.63. The number of rotatable bonds is 9. The molecule has 25 heavy (non-hydrogen) atoms. The van der Waals surface area contributed by atoms with Gasteiger partial charge in [-0.05, 0) is 26.2 Å². The number of aliphatic carboxylic acids is 1. The van der Waals surface area contributed by atoms with E-state index < -0.39 is 29.0 Å². The molecule has 0 amide bonds. The molecule has 0 aliphatic carbocycles. The summed E-state index contributed by atoms with van der Waals surface area (Å²) in [6, 6.07) is 0. The number of ether oxygens (including phenoxy) is 2. The lowest BCUT2D eigenvalue weighted by Gasteiger charge is -2.40. The van der Waals surface area contributed by atoms with Crippen molar-refractivity contribution in [2.24, 2.45) is 16.8 Å². The summed E-state index contributed by atoms with van der Waals surface area (Å²) in [5.74, 6) is -2.71. The quantitative estimate of drug-likeness (QED) is 0.116. The molecule has 0 aromatic heterocycles. The van der Waals surface area contributed by atoms with Crippen LogP contribution in [-0.2, 0) is 14.3 Å². The van der Waals surface area contributed by atoms with Crippen LogP contribution in [0.2, 0.25) is 0 Å². The van der Waals surface area contributed by atoms with E-state index in [1.807, 2.05) is 12.2 Å². The Kier molecular flexibility index (Phi) is 7.95. The van der Waals surface area contributed by atoms with Crippen LogP contribution in [-0.4, -0.2) is 46.9 Å². The number of carboxylic acids is 1. The molecule has 11 heteroatoms. The van der Waals surface area contributed by atoms with Crippen LogP contribution >= 0.6 is 0 Å². The first-order valence-electron chi connectivity index (χ1n) is 7.71. The number of carbonyl (C=O) groups is 1. The molecule has 11 nitrogen and oxygen atoms in total. The number of guanidine groups is 1. The zero-order valence-corrected chi connectivity index (χ0v) is 13.9.